The minimum absolute atomic E-state index is 0.100. The van der Waals surface area contributed by atoms with Gasteiger partial charge in [-0.2, -0.15) is 0 Å². The third-order valence-corrected chi connectivity index (χ3v) is 7.07. The maximum absolute atomic E-state index is 12.5. The largest absolute Gasteiger partial charge is 0.390 e. The number of thiophene rings is 1. The molecule has 10 heteroatoms. The summed E-state index contributed by atoms with van der Waals surface area (Å²) >= 11 is 1.79. The normalized spacial score (nSPS) is 18.1. The number of hydrogen-bond acceptors (Lipinski definition) is 8. The van der Waals surface area contributed by atoms with E-state index in [-0.39, 0.29) is 30.1 Å². The van der Waals surface area contributed by atoms with Gasteiger partial charge in [0.15, 0.2) is 0 Å². The Kier molecular flexibility index (Phi) is 7.33. The van der Waals surface area contributed by atoms with Gasteiger partial charge in [-0.1, -0.05) is 0 Å². The van der Waals surface area contributed by atoms with Crippen molar-refractivity contribution in [2.45, 2.75) is 44.9 Å². The second-order valence-corrected chi connectivity index (χ2v) is 9.43. The van der Waals surface area contributed by atoms with Gasteiger partial charge in [-0.25, -0.2) is 9.97 Å². The zero-order chi connectivity index (χ0) is 22.5. The zero-order valence-corrected chi connectivity index (χ0v) is 19.1. The molecule has 0 aromatic carbocycles. The summed E-state index contributed by atoms with van der Waals surface area (Å²) in [7, 11) is 0. The van der Waals surface area contributed by atoms with E-state index < -0.39 is 6.10 Å². The van der Waals surface area contributed by atoms with E-state index in [4.69, 9.17) is 0 Å². The number of β-amino-alcohol motifs (C(OH)–C–C–N with tert-alkyl or cyclic N) is 1. The first-order chi connectivity index (χ1) is 15.5. The van der Waals surface area contributed by atoms with Crippen molar-refractivity contribution in [1.29, 1.82) is 0 Å². The number of fused-ring (bicyclic) bond motifs is 1. The molecule has 2 aromatic heterocycles. The molecule has 1 saturated heterocycles. The summed E-state index contributed by atoms with van der Waals surface area (Å²) in [4.78, 5) is 37.8. The average Bonchev–Trinajstić information content (AvgIpc) is 3.26. The molecule has 0 radical (unpaired) electrons. The molecule has 0 bridgehead atoms. The average molecular weight is 459 g/mol. The Labute approximate surface area is 191 Å². The van der Waals surface area contributed by atoms with Crippen molar-refractivity contribution in [3.05, 3.63) is 40.0 Å². The summed E-state index contributed by atoms with van der Waals surface area (Å²) in [6.45, 7) is 5.47. The van der Waals surface area contributed by atoms with Crippen LogP contribution in [0.1, 0.15) is 40.7 Å². The number of aliphatic hydroxyl groups excluding tert-OH is 1. The first-order valence-electron chi connectivity index (χ1n) is 11.1. The van der Waals surface area contributed by atoms with Crippen molar-refractivity contribution in [3.63, 3.8) is 0 Å². The van der Waals surface area contributed by atoms with Gasteiger partial charge in [0.2, 0.25) is 5.91 Å². The number of nitrogens with zero attached hydrogens (tertiary/aromatic N) is 4. The fraction of sp³-hybridized carbons (Fsp3) is 0.545. The van der Waals surface area contributed by atoms with E-state index in [1.807, 2.05) is 4.90 Å². The molecular formula is C22H30N6O3S. The lowest BCUT2D eigenvalue weighted by Gasteiger charge is -2.31. The highest BCUT2D eigenvalue weighted by Crippen LogP contribution is 2.24. The summed E-state index contributed by atoms with van der Waals surface area (Å²) in [5.74, 6) is 0.356. The lowest BCUT2D eigenvalue weighted by atomic mass is 10.1. The summed E-state index contributed by atoms with van der Waals surface area (Å²) in [6.07, 6.45) is 3.40. The third kappa shape index (κ3) is 5.81. The van der Waals surface area contributed by atoms with E-state index >= 15 is 0 Å². The number of likely N-dealkylation sites (tertiary alicyclic amines) is 1. The van der Waals surface area contributed by atoms with Gasteiger partial charge in [-0.3, -0.25) is 14.5 Å². The lowest BCUT2D eigenvalue weighted by molar-refractivity contribution is -0.129. The molecule has 2 aliphatic rings. The van der Waals surface area contributed by atoms with Crippen LogP contribution in [0.15, 0.2) is 23.8 Å². The van der Waals surface area contributed by atoms with Crippen LogP contribution in [0.3, 0.4) is 0 Å². The lowest BCUT2D eigenvalue weighted by Crippen LogP contribution is -2.42. The topological polar surface area (TPSA) is 111 Å². The van der Waals surface area contributed by atoms with Crippen LogP contribution in [0.4, 0.5) is 5.82 Å². The monoisotopic (exact) mass is 458 g/mol. The van der Waals surface area contributed by atoms with E-state index in [2.05, 4.69) is 36.9 Å². The number of piperidine rings is 1. The van der Waals surface area contributed by atoms with Crippen LogP contribution in [0.25, 0.3) is 0 Å². The maximum atomic E-state index is 12.5. The van der Waals surface area contributed by atoms with Crippen LogP contribution in [-0.2, 0) is 17.8 Å². The number of carbonyl (C=O) groups excluding carboxylic acids is 2. The molecule has 9 nitrogen and oxygen atoms in total. The van der Waals surface area contributed by atoms with Crippen molar-refractivity contribution in [1.82, 2.24) is 25.1 Å². The second-order valence-electron chi connectivity index (χ2n) is 8.43. The highest BCUT2D eigenvalue weighted by Gasteiger charge is 2.22. The van der Waals surface area contributed by atoms with Gasteiger partial charge in [-0.05, 0) is 36.3 Å². The van der Waals surface area contributed by atoms with Gasteiger partial charge in [0.25, 0.3) is 5.91 Å². The summed E-state index contributed by atoms with van der Waals surface area (Å²) in [6, 6.07) is 3.97. The molecule has 32 heavy (non-hydrogen) atoms. The van der Waals surface area contributed by atoms with Crippen molar-refractivity contribution in [3.8, 4) is 0 Å². The molecule has 1 unspecified atom stereocenters. The van der Waals surface area contributed by atoms with Crippen molar-refractivity contribution < 1.29 is 14.7 Å². The SMILES string of the molecule is CC(=O)N1CCC(Nc2cc(C(=O)NCC(O)CN3CCc4sccc4C3)ncn2)CC1. The minimum atomic E-state index is -0.648. The first-order valence-corrected chi connectivity index (χ1v) is 11.9. The number of anilines is 1. The van der Waals surface area contributed by atoms with Gasteiger partial charge in [-0.15, -0.1) is 11.3 Å². The van der Waals surface area contributed by atoms with Gasteiger partial charge in [0, 0.05) is 63.2 Å². The molecule has 2 aromatic rings. The number of aliphatic hydroxyl groups is 1. The second kappa shape index (κ2) is 10.4. The molecule has 0 aliphatic carbocycles. The van der Waals surface area contributed by atoms with Crippen LogP contribution in [0.2, 0.25) is 0 Å². The number of amides is 2. The number of rotatable bonds is 7. The molecule has 0 spiro atoms. The number of hydrogen-bond donors (Lipinski definition) is 3. The van der Waals surface area contributed by atoms with Gasteiger partial charge >= 0.3 is 0 Å². The van der Waals surface area contributed by atoms with Crippen LogP contribution in [-0.4, -0.2) is 81.6 Å². The van der Waals surface area contributed by atoms with Crippen molar-refractivity contribution in [2.75, 3.05) is 38.0 Å². The van der Waals surface area contributed by atoms with Crippen LogP contribution in [0, 0.1) is 0 Å². The Morgan fingerprint density at radius 1 is 1.28 bits per heavy atom. The van der Waals surface area contributed by atoms with Crippen LogP contribution < -0.4 is 10.6 Å². The molecule has 3 N–H and O–H groups in total. The zero-order valence-electron chi connectivity index (χ0n) is 18.3. The third-order valence-electron chi connectivity index (χ3n) is 6.05. The Bertz CT molecular complexity index is 943. The van der Waals surface area contributed by atoms with Gasteiger partial charge in [0.05, 0.1) is 6.10 Å². The maximum Gasteiger partial charge on any atom is 0.270 e. The summed E-state index contributed by atoms with van der Waals surface area (Å²) in [5, 5.41) is 18.6. The molecule has 4 heterocycles. The van der Waals surface area contributed by atoms with Gasteiger partial charge in [0.1, 0.15) is 17.8 Å². The van der Waals surface area contributed by atoms with Crippen molar-refractivity contribution in [2.24, 2.45) is 0 Å². The Hall–Kier alpha value is -2.56. The smallest absolute Gasteiger partial charge is 0.270 e. The highest BCUT2D eigenvalue weighted by atomic mass is 32.1. The Balaban J connectivity index is 1.23. The van der Waals surface area contributed by atoms with E-state index in [0.29, 0.717) is 25.5 Å². The van der Waals surface area contributed by atoms with E-state index in [1.54, 1.807) is 24.3 Å². The molecule has 1 fully saturated rings. The number of carbonyl (C=O) groups is 2. The van der Waals surface area contributed by atoms with E-state index in [0.717, 1.165) is 32.4 Å². The Morgan fingerprint density at radius 2 is 2.09 bits per heavy atom. The molecule has 2 amide bonds. The number of aromatic nitrogens is 2. The molecule has 1 atom stereocenters. The van der Waals surface area contributed by atoms with Gasteiger partial charge < -0.3 is 20.6 Å². The standard InChI is InChI=1S/C22H30N6O3S/c1-15(29)28-7-2-17(3-8-28)26-21-10-19(24-14-25-21)22(31)23-11-18(30)13-27-6-4-20-16(12-27)5-9-32-20/h5,9-10,14,17-18,30H,2-4,6-8,11-13H2,1H3,(H,23,31)(H,24,25,26). The summed E-state index contributed by atoms with van der Waals surface area (Å²) < 4.78 is 0. The van der Waals surface area contributed by atoms with Crippen LogP contribution >= 0.6 is 11.3 Å². The predicted molar refractivity (Wildman–Crippen MR) is 123 cm³/mol. The van der Waals surface area contributed by atoms with Crippen LogP contribution in [0.5, 0.6) is 0 Å². The fourth-order valence-electron chi connectivity index (χ4n) is 4.23. The predicted octanol–water partition coefficient (Wildman–Crippen LogP) is 1.11. The molecule has 4 rings (SSSR count). The Morgan fingerprint density at radius 3 is 2.88 bits per heavy atom. The van der Waals surface area contributed by atoms with E-state index in [9.17, 15) is 14.7 Å². The molecule has 172 valence electrons. The van der Waals surface area contributed by atoms with E-state index in [1.165, 1.54) is 16.8 Å². The number of nitrogens with one attached hydrogen (secondary N) is 2. The van der Waals surface area contributed by atoms with Crippen molar-refractivity contribution >= 4 is 29.0 Å². The fourth-order valence-corrected chi connectivity index (χ4v) is 5.12. The minimum Gasteiger partial charge on any atom is -0.390 e. The molecule has 0 saturated carbocycles. The quantitative estimate of drug-likeness (QED) is 0.570. The molecule has 2 aliphatic heterocycles. The molecular weight excluding hydrogens is 428 g/mol. The highest BCUT2D eigenvalue weighted by molar-refractivity contribution is 7.10. The summed E-state index contributed by atoms with van der Waals surface area (Å²) in [5.41, 5.74) is 1.60. The first kappa shape index (κ1) is 22.6.